The molecule has 0 aromatic heterocycles. The summed E-state index contributed by atoms with van der Waals surface area (Å²) >= 11 is 0. The van der Waals surface area contributed by atoms with E-state index in [1.54, 1.807) is 25.7 Å². The van der Waals surface area contributed by atoms with Crippen molar-refractivity contribution in [1.29, 1.82) is 0 Å². The third-order valence-electron chi connectivity index (χ3n) is 6.28. The average Bonchev–Trinajstić information content (AvgIpc) is 2.82. The number of hydrogen-bond acceptors (Lipinski definition) is 6. The summed E-state index contributed by atoms with van der Waals surface area (Å²) in [7, 11) is 0. The van der Waals surface area contributed by atoms with Crippen LogP contribution in [-0.4, -0.2) is 66.4 Å². The normalized spacial score (nSPS) is 19.5. The number of likely N-dealkylation sites (tertiary alicyclic amines) is 1. The minimum Gasteiger partial charge on any atom is -0.466 e. The van der Waals surface area contributed by atoms with Gasteiger partial charge >= 0.3 is 11.9 Å². The van der Waals surface area contributed by atoms with Crippen LogP contribution in [0, 0.1) is 5.92 Å². The van der Waals surface area contributed by atoms with Gasteiger partial charge in [0.15, 0.2) is 0 Å². The smallest absolute Gasteiger partial charge is 0.336 e. The summed E-state index contributed by atoms with van der Waals surface area (Å²) in [4.78, 5) is 53.9. The highest BCUT2D eigenvalue weighted by atomic mass is 16.5. The summed E-state index contributed by atoms with van der Waals surface area (Å²) in [5, 5.41) is 0. The Kier molecular flexibility index (Phi) is 8.25. The number of ether oxygens (including phenoxy) is 2. The largest absolute Gasteiger partial charge is 0.466 e. The van der Waals surface area contributed by atoms with Crippen LogP contribution in [0.2, 0.25) is 0 Å². The van der Waals surface area contributed by atoms with E-state index in [1.165, 1.54) is 4.90 Å². The van der Waals surface area contributed by atoms with E-state index in [0.29, 0.717) is 43.8 Å². The monoisotopic (exact) mass is 456 g/mol. The lowest BCUT2D eigenvalue weighted by Gasteiger charge is -2.36. The molecule has 8 nitrogen and oxygen atoms in total. The Morgan fingerprint density at radius 1 is 1.00 bits per heavy atom. The summed E-state index contributed by atoms with van der Waals surface area (Å²) in [5.41, 5.74) is 1.73. The highest BCUT2D eigenvalue weighted by Gasteiger charge is 2.38. The number of piperidine rings is 1. The molecule has 2 aliphatic rings. The number of allylic oxidation sites excluding steroid dienone is 1. The predicted molar refractivity (Wildman–Crippen MR) is 121 cm³/mol. The summed E-state index contributed by atoms with van der Waals surface area (Å²) in [6, 6.07) is 9.39. The van der Waals surface area contributed by atoms with E-state index in [9.17, 15) is 19.2 Å². The highest BCUT2D eigenvalue weighted by molar-refractivity contribution is 5.97. The van der Waals surface area contributed by atoms with Crippen LogP contribution in [0.15, 0.2) is 41.6 Å². The van der Waals surface area contributed by atoms with Crippen LogP contribution in [0.5, 0.6) is 0 Å². The van der Waals surface area contributed by atoms with Gasteiger partial charge in [0.1, 0.15) is 6.54 Å². The number of nitrogens with zero attached hydrogens (tertiary/aromatic N) is 2. The van der Waals surface area contributed by atoms with Gasteiger partial charge in [-0.25, -0.2) is 4.79 Å². The molecule has 0 N–H and O–H groups in total. The Morgan fingerprint density at radius 2 is 1.64 bits per heavy atom. The fraction of sp³-hybridized carbons (Fsp3) is 0.520. The quantitative estimate of drug-likeness (QED) is 0.586. The first-order valence-electron chi connectivity index (χ1n) is 11.5. The van der Waals surface area contributed by atoms with Crippen LogP contribution in [0.3, 0.4) is 0 Å². The topological polar surface area (TPSA) is 93.2 Å². The van der Waals surface area contributed by atoms with E-state index in [0.717, 1.165) is 5.56 Å². The highest BCUT2D eigenvalue weighted by Crippen LogP contribution is 2.37. The number of carbonyl (C=O) groups excluding carboxylic acids is 4. The van der Waals surface area contributed by atoms with Crippen LogP contribution >= 0.6 is 0 Å². The lowest BCUT2D eigenvalue weighted by Crippen LogP contribution is -2.48. The molecule has 2 heterocycles. The van der Waals surface area contributed by atoms with Crippen LogP contribution in [-0.2, 0) is 28.7 Å². The first-order valence-corrected chi connectivity index (χ1v) is 11.5. The number of esters is 2. The Labute approximate surface area is 194 Å². The molecule has 1 saturated heterocycles. The molecule has 0 aliphatic carbocycles. The van der Waals surface area contributed by atoms with Crippen molar-refractivity contribution in [3.8, 4) is 0 Å². The summed E-state index contributed by atoms with van der Waals surface area (Å²) in [5.74, 6) is -1.71. The molecule has 33 heavy (non-hydrogen) atoms. The molecular weight excluding hydrogens is 424 g/mol. The molecule has 0 spiro atoms. The SMILES string of the molecule is CCOC(=O)C1=C(C)N(CC(=O)N2CCC(C(=O)OCC)CC2)C(=O)CC1c1ccccc1. The van der Waals surface area contributed by atoms with Crippen molar-refractivity contribution in [1.82, 2.24) is 9.80 Å². The third-order valence-corrected chi connectivity index (χ3v) is 6.28. The summed E-state index contributed by atoms with van der Waals surface area (Å²) < 4.78 is 10.4. The number of rotatable bonds is 7. The van der Waals surface area contributed by atoms with Crippen molar-refractivity contribution >= 4 is 23.8 Å². The van der Waals surface area contributed by atoms with Crippen molar-refractivity contribution in [2.75, 3.05) is 32.8 Å². The maximum atomic E-state index is 13.1. The second kappa shape index (κ2) is 11.1. The molecule has 1 fully saturated rings. The van der Waals surface area contributed by atoms with Crippen LogP contribution in [0.1, 0.15) is 51.5 Å². The average molecular weight is 457 g/mol. The summed E-state index contributed by atoms with van der Waals surface area (Å²) in [6.45, 7) is 6.50. The van der Waals surface area contributed by atoms with Crippen LogP contribution < -0.4 is 0 Å². The first kappa shape index (κ1) is 24.5. The van der Waals surface area contributed by atoms with Gasteiger partial charge in [0, 0.05) is 31.1 Å². The molecule has 1 atom stereocenters. The van der Waals surface area contributed by atoms with E-state index in [2.05, 4.69) is 0 Å². The second-order valence-electron chi connectivity index (χ2n) is 8.27. The van der Waals surface area contributed by atoms with E-state index < -0.39 is 11.9 Å². The van der Waals surface area contributed by atoms with Gasteiger partial charge in [-0.15, -0.1) is 0 Å². The van der Waals surface area contributed by atoms with Gasteiger partial charge in [-0.3, -0.25) is 14.4 Å². The minimum atomic E-state index is -0.468. The van der Waals surface area contributed by atoms with Gasteiger partial charge in [0.05, 0.1) is 24.7 Å². The van der Waals surface area contributed by atoms with E-state index in [1.807, 2.05) is 30.3 Å². The van der Waals surface area contributed by atoms with Gasteiger partial charge in [-0.2, -0.15) is 0 Å². The number of benzene rings is 1. The van der Waals surface area contributed by atoms with Gasteiger partial charge in [0.2, 0.25) is 11.8 Å². The minimum absolute atomic E-state index is 0.0910. The molecule has 2 amide bonds. The van der Waals surface area contributed by atoms with Gasteiger partial charge < -0.3 is 19.3 Å². The zero-order valence-corrected chi connectivity index (χ0v) is 19.5. The maximum absolute atomic E-state index is 13.1. The third kappa shape index (κ3) is 5.61. The Bertz CT molecular complexity index is 918. The van der Waals surface area contributed by atoms with Gasteiger partial charge in [0.25, 0.3) is 0 Å². The predicted octanol–water partition coefficient (Wildman–Crippen LogP) is 2.64. The van der Waals surface area contributed by atoms with Crippen molar-refractivity contribution < 1.29 is 28.7 Å². The number of carbonyl (C=O) groups is 4. The molecule has 1 aromatic carbocycles. The van der Waals surface area contributed by atoms with Crippen molar-refractivity contribution in [3.05, 3.63) is 47.2 Å². The zero-order valence-electron chi connectivity index (χ0n) is 19.5. The molecule has 0 saturated carbocycles. The number of amides is 2. The fourth-order valence-electron chi connectivity index (χ4n) is 4.51. The molecule has 0 bridgehead atoms. The lowest BCUT2D eigenvalue weighted by atomic mass is 9.83. The first-order chi connectivity index (χ1) is 15.9. The van der Waals surface area contributed by atoms with Crippen LogP contribution in [0.4, 0.5) is 0 Å². The fourth-order valence-corrected chi connectivity index (χ4v) is 4.51. The van der Waals surface area contributed by atoms with Crippen molar-refractivity contribution in [2.45, 2.75) is 46.0 Å². The Balaban J connectivity index is 1.76. The standard InChI is InChI=1S/C25H32N2O6/c1-4-32-24(30)19-11-13-26(14-12-19)22(29)16-27-17(3)23(25(31)33-5-2)20(15-21(27)28)18-9-7-6-8-10-18/h6-10,19-20H,4-5,11-16H2,1-3H3. The molecular formula is C25H32N2O6. The van der Waals surface area contributed by atoms with Gasteiger partial charge in [-0.05, 0) is 39.2 Å². The lowest BCUT2D eigenvalue weighted by molar-refractivity contribution is -0.151. The molecule has 0 radical (unpaired) electrons. The Morgan fingerprint density at radius 3 is 2.24 bits per heavy atom. The zero-order chi connectivity index (χ0) is 24.0. The summed E-state index contributed by atoms with van der Waals surface area (Å²) in [6.07, 6.45) is 1.17. The second-order valence-corrected chi connectivity index (χ2v) is 8.27. The Hall–Kier alpha value is -3.16. The van der Waals surface area contributed by atoms with E-state index in [-0.39, 0.29) is 43.3 Å². The van der Waals surface area contributed by atoms with Crippen molar-refractivity contribution in [3.63, 3.8) is 0 Å². The van der Waals surface area contributed by atoms with E-state index >= 15 is 0 Å². The molecule has 1 aromatic rings. The molecule has 1 unspecified atom stereocenters. The van der Waals surface area contributed by atoms with Gasteiger partial charge in [-0.1, -0.05) is 30.3 Å². The van der Waals surface area contributed by atoms with E-state index in [4.69, 9.17) is 9.47 Å². The molecule has 178 valence electrons. The van der Waals surface area contributed by atoms with Crippen molar-refractivity contribution in [2.24, 2.45) is 5.92 Å². The molecule has 3 rings (SSSR count). The molecule has 2 aliphatic heterocycles. The molecule has 8 heteroatoms. The van der Waals surface area contributed by atoms with Crippen LogP contribution in [0.25, 0.3) is 0 Å². The number of hydrogen-bond donors (Lipinski definition) is 0. The maximum Gasteiger partial charge on any atom is 0.336 e.